The molecule has 2 amide bonds. The number of rotatable bonds is 8. The maximum Gasteiger partial charge on any atom is 0.412 e. The zero-order chi connectivity index (χ0) is 26.3. The maximum atomic E-state index is 14.2. The number of carbonyl (C=O) groups is 2. The largest absolute Gasteiger partial charge is 0.493 e. The van der Waals surface area contributed by atoms with E-state index in [0.29, 0.717) is 17.2 Å². The van der Waals surface area contributed by atoms with Crippen LogP contribution in [0.5, 0.6) is 17.2 Å². The first-order valence-corrected chi connectivity index (χ1v) is 11.1. The van der Waals surface area contributed by atoms with Crippen molar-refractivity contribution in [2.75, 3.05) is 24.9 Å². The van der Waals surface area contributed by atoms with Gasteiger partial charge in [0.1, 0.15) is 18.0 Å². The molecule has 0 fully saturated rings. The van der Waals surface area contributed by atoms with Crippen LogP contribution in [0.15, 0.2) is 60.7 Å². The van der Waals surface area contributed by atoms with E-state index in [1.54, 1.807) is 20.8 Å². The zero-order valence-corrected chi connectivity index (χ0v) is 20.8. The molecule has 3 rings (SSSR count). The highest BCUT2D eigenvalue weighted by Gasteiger charge is 2.20. The topological polar surface area (TPSA) is 95.1 Å². The van der Waals surface area contributed by atoms with E-state index in [-0.39, 0.29) is 23.5 Å². The van der Waals surface area contributed by atoms with Gasteiger partial charge in [-0.3, -0.25) is 10.1 Å². The van der Waals surface area contributed by atoms with Gasteiger partial charge in [-0.25, -0.2) is 9.18 Å². The molecule has 0 saturated carbocycles. The summed E-state index contributed by atoms with van der Waals surface area (Å²) in [5.41, 5.74) is 0.551. The molecular weight excluding hydrogens is 467 g/mol. The van der Waals surface area contributed by atoms with Crippen molar-refractivity contribution >= 4 is 23.4 Å². The average Bonchev–Trinajstić information content (AvgIpc) is 2.83. The molecule has 9 heteroatoms. The van der Waals surface area contributed by atoms with Crippen molar-refractivity contribution in [1.82, 2.24) is 0 Å². The zero-order valence-electron chi connectivity index (χ0n) is 20.8. The smallest absolute Gasteiger partial charge is 0.412 e. The summed E-state index contributed by atoms with van der Waals surface area (Å²) in [5.74, 6) is -0.215. The summed E-state index contributed by atoms with van der Waals surface area (Å²) in [4.78, 5) is 25.0. The second-order valence-corrected chi connectivity index (χ2v) is 8.76. The Morgan fingerprint density at radius 2 is 1.53 bits per heavy atom. The summed E-state index contributed by atoms with van der Waals surface area (Å²) in [7, 11) is 2.92. The van der Waals surface area contributed by atoms with Gasteiger partial charge in [0, 0.05) is 11.3 Å². The minimum Gasteiger partial charge on any atom is -0.493 e. The van der Waals surface area contributed by atoms with Crippen LogP contribution in [0.1, 0.15) is 36.7 Å². The van der Waals surface area contributed by atoms with Gasteiger partial charge in [-0.15, -0.1) is 0 Å². The van der Waals surface area contributed by atoms with Gasteiger partial charge in [0.25, 0.3) is 5.91 Å². The van der Waals surface area contributed by atoms with Crippen LogP contribution in [0.2, 0.25) is 0 Å². The van der Waals surface area contributed by atoms with Crippen LogP contribution >= 0.6 is 0 Å². The highest BCUT2D eigenvalue weighted by molar-refractivity contribution is 6.05. The predicted octanol–water partition coefficient (Wildman–Crippen LogP) is 6.02. The minimum absolute atomic E-state index is 0.137. The number of ether oxygens (including phenoxy) is 4. The molecule has 0 aliphatic heterocycles. The van der Waals surface area contributed by atoms with Gasteiger partial charge in [-0.05, 0) is 56.7 Å². The van der Waals surface area contributed by atoms with E-state index in [1.165, 1.54) is 38.5 Å². The number of halogens is 1. The molecule has 2 N–H and O–H groups in total. The number of hydrogen-bond donors (Lipinski definition) is 2. The number of anilines is 2. The number of amides is 2. The van der Waals surface area contributed by atoms with Crippen LogP contribution in [-0.4, -0.2) is 31.8 Å². The molecule has 0 saturated heterocycles. The Bertz CT molecular complexity index is 1200. The van der Waals surface area contributed by atoms with Crippen molar-refractivity contribution in [1.29, 1.82) is 0 Å². The lowest BCUT2D eigenvalue weighted by Gasteiger charge is -2.20. The van der Waals surface area contributed by atoms with Gasteiger partial charge in [0.15, 0.2) is 11.5 Å². The Labute approximate surface area is 209 Å². The van der Waals surface area contributed by atoms with Crippen molar-refractivity contribution in [3.05, 3.63) is 77.6 Å². The Hall–Kier alpha value is -4.27. The number of methoxy groups -OCH3 is 2. The van der Waals surface area contributed by atoms with E-state index in [2.05, 4.69) is 10.6 Å². The molecule has 0 atom stereocenters. The first-order valence-electron chi connectivity index (χ1n) is 11.1. The first-order chi connectivity index (χ1) is 17.1. The molecule has 0 aliphatic carbocycles. The molecule has 0 heterocycles. The summed E-state index contributed by atoms with van der Waals surface area (Å²) in [6, 6.07) is 16.4. The van der Waals surface area contributed by atoms with E-state index in [9.17, 15) is 14.0 Å². The second kappa shape index (κ2) is 11.4. The van der Waals surface area contributed by atoms with Crippen LogP contribution in [0, 0.1) is 5.82 Å². The molecule has 8 nitrogen and oxygen atoms in total. The van der Waals surface area contributed by atoms with Gasteiger partial charge in [0.05, 0.1) is 19.9 Å². The lowest BCUT2D eigenvalue weighted by molar-refractivity contribution is 0.0635. The monoisotopic (exact) mass is 496 g/mol. The Kier molecular flexibility index (Phi) is 8.37. The first kappa shape index (κ1) is 26.3. The number of carbonyl (C=O) groups excluding carboxylic acids is 2. The number of hydrogen-bond acceptors (Lipinski definition) is 6. The van der Waals surface area contributed by atoms with Gasteiger partial charge in [-0.1, -0.05) is 30.3 Å². The van der Waals surface area contributed by atoms with E-state index >= 15 is 0 Å². The molecule has 0 radical (unpaired) electrons. The van der Waals surface area contributed by atoms with Gasteiger partial charge in [0.2, 0.25) is 5.75 Å². The average molecular weight is 497 g/mol. The van der Waals surface area contributed by atoms with Crippen LogP contribution in [0.25, 0.3) is 0 Å². The van der Waals surface area contributed by atoms with Crippen LogP contribution in [0.3, 0.4) is 0 Å². The summed E-state index contributed by atoms with van der Waals surface area (Å²) in [6.45, 7) is 5.36. The summed E-state index contributed by atoms with van der Waals surface area (Å²) in [6.07, 6.45) is -0.814. The molecular formula is C27H29FN2O6. The van der Waals surface area contributed by atoms with E-state index < -0.39 is 23.4 Å². The molecule has 0 bridgehead atoms. The van der Waals surface area contributed by atoms with E-state index in [0.717, 1.165) is 11.6 Å². The fourth-order valence-electron chi connectivity index (χ4n) is 3.20. The number of benzene rings is 3. The van der Waals surface area contributed by atoms with Gasteiger partial charge >= 0.3 is 6.09 Å². The van der Waals surface area contributed by atoms with Crippen LogP contribution < -0.4 is 24.8 Å². The molecule has 0 spiro atoms. The summed E-state index contributed by atoms with van der Waals surface area (Å²) < 4.78 is 36.2. The second-order valence-electron chi connectivity index (χ2n) is 8.76. The Morgan fingerprint density at radius 1 is 0.889 bits per heavy atom. The lowest BCUT2D eigenvalue weighted by atomic mass is 10.1. The molecule has 36 heavy (non-hydrogen) atoms. The fourth-order valence-corrected chi connectivity index (χ4v) is 3.20. The molecule has 190 valence electrons. The molecule has 0 aliphatic rings. The molecule has 3 aromatic rings. The Morgan fingerprint density at radius 3 is 2.11 bits per heavy atom. The van der Waals surface area contributed by atoms with Crippen LogP contribution in [0.4, 0.5) is 20.6 Å². The van der Waals surface area contributed by atoms with Crippen molar-refractivity contribution in [3.63, 3.8) is 0 Å². The maximum absolute atomic E-state index is 14.2. The van der Waals surface area contributed by atoms with E-state index in [1.807, 2.05) is 30.3 Å². The summed E-state index contributed by atoms with van der Waals surface area (Å²) >= 11 is 0. The van der Waals surface area contributed by atoms with Gasteiger partial charge in [-0.2, -0.15) is 0 Å². The Balaban J connectivity index is 1.78. The molecule has 0 unspecified atom stereocenters. The van der Waals surface area contributed by atoms with Crippen molar-refractivity contribution in [3.8, 4) is 17.2 Å². The highest BCUT2D eigenvalue weighted by Crippen LogP contribution is 2.39. The lowest BCUT2D eigenvalue weighted by Crippen LogP contribution is -2.27. The van der Waals surface area contributed by atoms with Crippen molar-refractivity contribution in [2.24, 2.45) is 0 Å². The number of nitrogens with one attached hydrogen (secondary N) is 2. The third kappa shape index (κ3) is 7.11. The standard InChI is InChI=1S/C27H29FN2O6/c1-27(2,3)36-26(32)30-21-15-19(11-12-20(21)28)29-25(31)18-13-22(33-4)24(23(14-18)34-5)35-16-17-9-7-6-8-10-17/h6-15H,16H2,1-5H3,(H,29,31)(H,30,32). The van der Waals surface area contributed by atoms with Crippen molar-refractivity contribution < 1.29 is 32.9 Å². The van der Waals surface area contributed by atoms with Crippen molar-refractivity contribution in [2.45, 2.75) is 33.0 Å². The summed E-state index contributed by atoms with van der Waals surface area (Å²) in [5, 5.41) is 5.03. The fraction of sp³-hybridized carbons (Fsp3) is 0.259. The van der Waals surface area contributed by atoms with Crippen LogP contribution in [-0.2, 0) is 11.3 Å². The third-order valence-corrected chi connectivity index (χ3v) is 4.81. The predicted molar refractivity (Wildman–Crippen MR) is 135 cm³/mol. The van der Waals surface area contributed by atoms with E-state index in [4.69, 9.17) is 18.9 Å². The normalized spacial score (nSPS) is 10.8. The van der Waals surface area contributed by atoms with Gasteiger partial charge < -0.3 is 24.3 Å². The minimum atomic E-state index is -0.814. The third-order valence-electron chi connectivity index (χ3n) is 4.81. The molecule has 3 aromatic carbocycles. The SMILES string of the molecule is COc1cc(C(=O)Nc2ccc(F)c(NC(=O)OC(C)(C)C)c2)cc(OC)c1OCc1ccccc1. The molecule has 0 aromatic heterocycles. The quantitative estimate of drug-likeness (QED) is 0.396. The highest BCUT2D eigenvalue weighted by atomic mass is 19.1.